The first-order valence-electron chi connectivity index (χ1n) is 8.40. The van der Waals surface area contributed by atoms with Crippen LogP contribution in [0.4, 0.5) is 17.5 Å². The molecule has 4 N–H and O–H groups in total. The molecule has 0 unspecified atom stereocenters. The van der Waals surface area contributed by atoms with Crippen molar-refractivity contribution in [2.45, 2.75) is 23.9 Å². The molecule has 0 radical (unpaired) electrons. The van der Waals surface area contributed by atoms with E-state index in [0.717, 1.165) is 35.8 Å². The van der Waals surface area contributed by atoms with Crippen LogP contribution in [0.3, 0.4) is 0 Å². The van der Waals surface area contributed by atoms with Crippen molar-refractivity contribution in [1.82, 2.24) is 30.1 Å². The van der Waals surface area contributed by atoms with Crippen LogP contribution < -0.4 is 10.6 Å². The first-order chi connectivity index (χ1) is 13.0. The number of hydrogen-bond donors (Lipinski definition) is 4. The van der Waals surface area contributed by atoms with E-state index < -0.39 is 9.84 Å². The zero-order chi connectivity index (χ0) is 18.6. The zero-order valence-corrected chi connectivity index (χ0v) is 15.1. The molecular weight excluding hydrogens is 368 g/mol. The van der Waals surface area contributed by atoms with Gasteiger partial charge in [-0.1, -0.05) is 0 Å². The minimum absolute atomic E-state index is 0.0508. The summed E-state index contributed by atoms with van der Waals surface area (Å²) in [4.78, 5) is 16.2. The van der Waals surface area contributed by atoms with Gasteiger partial charge in [0.15, 0.2) is 20.5 Å². The number of sulfone groups is 1. The van der Waals surface area contributed by atoms with E-state index in [1.54, 1.807) is 6.33 Å². The van der Waals surface area contributed by atoms with E-state index in [2.05, 4.69) is 40.8 Å². The summed E-state index contributed by atoms with van der Waals surface area (Å²) in [6.45, 7) is 0. The molecule has 1 aliphatic carbocycles. The Kier molecular flexibility index (Phi) is 3.34. The Bertz CT molecular complexity index is 1270. The Hall–Kier alpha value is -3.21. The standard InChI is InChI=1S/C16H16N8O2S/c1-27(25,26)15-12-13(19-8-2-3-8)21-16(22-14(12)23-24-15)20-9-4-5-10-11(6-9)18-7-17-10/h4-8H,2-3H2,1H3,(H,17,18)(H3,19,20,21,22,23,24). The molecule has 1 saturated carbocycles. The number of benzene rings is 1. The maximum Gasteiger partial charge on any atom is 0.231 e. The van der Waals surface area contributed by atoms with Crippen molar-refractivity contribution in [3.05, 3.63) is 24.5 Å². The van der Waals surface area contributed by atoms with Crippen LogP contribution in [-0.2, 0) is 9.84 Å². The molecule has 11 heteroatoms. The van der Waals surface area contributed by atoms with E-state index in [0.29, 0.717) is 28.8 Å². The largest absolute Gasteiger partial charge is 0.367 e. The molecule has 0 bridgehead atoms. The van der Waals surface area contributed by atoms with Crippen LogP contribution in [0.25, 0.3) is 22.1 Å². The molecule has 5 rings (SSSR count). The number of hydrogen-bond acceptors (Lipinski definition) is 8. The highest BCUT2D eigenvalue weighted by atomic mass is 32.2. The minimum atomic E-state index is -3.51. The zero-order valence-electron chi connectivity index (χ0n) is 14.3. The van der Waals surface area contributed by atoms with Gasteiger partial charge in [-0.15, -0.1) is 0 Å². The maximum absolute atomic E-state index is 12.0. The fourth-order valence-corrected chi connectivity index (χ4v) is 3.67. The second kappa shape index (κ2) is 5.64. The van der Waals surface area contributed by atoms with E-state index >= 15 is 0 Å². The first-order valence-corrected chi connectivity index (χ1v) is 10.3. The number of rotatable bonds is 5. The molecule has 0 atom stereocenters. The van der Waals surface area contributed by atoms with E-state index in [1.807, 2.05) is 18.2 Å². The predicted molar refractivity (Wildman–Crippen MR) is 101 cm³/mol. The third-order valence-corrected chi connectivity index (χ3v) is 5.33. The minimum Gasteiger partial charge on any atom is -0.367 e. The van der Waals surface area contributed by atoms with E-state index in [4.69, 9.17) is 0 Å². The summed E-state index contributed by atoms with van der Waals surface area (Å²) in [5.74, 6) is 0.796. The van der Waals surface area contributed by atoms with Crippen molar-refractivity contribution in [1.29, 1.82) is 0 Å². The average molecular weight is 384 g/mol. The van der Waals surface area contributed by atoms with Crippen LogP contribution >= 0.6 is 0 Å². The highest BCUT2D eigenvalue weighted by Gasteiger charge is 2.27. The summed E-state index contributed by atoms with van der Waals surface area (Å²) in [6, 6.07) is 5.96. The molecule has 1 fully saturated rings. The van der Waals surface area contributed by atoms with Crippen molar-refractivity contribution in [2.24, 2.45) is 0 Å². The van der Waals surface area contributed by atoms with Gasteiger partial charge in [-0.3, -0.25) is 5.10 Å². The second-order valence-corrected chi connectivity index (χ2v) is 8.53. The Labute approximate surface area is 153 Å². The van der Waals surface area contributed by atoms with Crippen LogP contribution in [0.15, 0.2) is 29.6 Å². The van der Waals surface area contributed by atoms with Gasteiger partial charge < -0.3 is 15.6 Å². The van der Waals surface area contributed by atoms with E-state index in [-0.39, 0.29) is 5.03 Å². The summed E-state index contributed by atoms with van der Waals surface area (Å²) in [7, 11) is -3.51. The Balaban J connectivity index is 1.60. The molecule has 0 saturated heterocycles. The van der Waals surface area contributed by atoms with Gasteiger partial charge in [0.05, 0.1) is 17.4 Å². The van der Waals surface area contributed by atoms with Crippen LogP contribution in [0.1, 0.15) is 12.8 Å². The van der Waals surface area contributed by atoms with Gasteiger partial charge in [0, 0.05) is 18.0 Å². The lowest BCUT2D eigenvalue weighted by Crippen LogP contribution is -2.08. The smallest absolute Gasteiger partial charge is 0.231 e. The monoisotopic (exact) mass is 384 g/mol. The maximum atomic E-state index is 12.0. The lowest BCUT2D eigenvalue weighted by atomic mass is 10.3. The molecule has 4 aromatic rings. The number of anilines is 3. The normalized spacial score (nSPS) is 14.7. The van der Waals surface area contributed by atoms with Gasteiger partial charge in [-0.05, 0) is 31.0 Å². The number of aromatic amines is 2. The fourth-order valence-electron chi connectivity index (χ4n) is 2.89. The third kappa shape index (κ3) is 2.95. The molecule has 10 nitrogen and oxygen atoms in total. The summed E-state index contributed by atoms with van der Waals surface area (Å²) < 4.78 is 24.1. The predicted octanol–water partition coefficient (Wildman–Crippen LogP) is 1.95. The van der Waals surface area contributed by atoms with Gasteiger partial charge in [0.25, 0.3) is 0 Å². The molecule has 0 amide bonds. The number of fused-ring (bicyclic) bond motifs is 2. The quantitative estimate of drug-likeness (QED) is 0.409. The van der Waals surface area contributed by atoms with Crippen LogP contribution in [0.2, 0.25) is 0 Å². The van der Waals surface area contributed by atoms with Crippen molar-refractivity contribution in [2.75, 3.05) is 16.9 Å². The number of imidazole rings is 1. The topological polar surface area (TPSA) is 141 Å². The summed E-state index contributed by atoms with van der Waals surface area (Å²) in [5, 5.41) is 13.4. The number of H-pyrrole nitrogens is 2. The second-order valence-electron chi connectivity index (χ2n) is 6.60. The Morgan fingerprint density at radius 1 is 1.22 bits per heavy atom. The Morgan fingerprint density at radius 2 is 2.07 bits per heavy atom. The molecule has 3 aromatic heterocycles. The molecule has 138 valence electrons. The fraction of sp³-hybridized carbons (Fsp3) is 0.250. The van der Waals surface area contributed by atoms with Crippen LogP contribution in [0, 0.1) is 0 Å². The highest BCUT2D eigenvalue weighted by molar-refractivity contribution is 7.90. The summed E-state index contributed by atoms with van der Waals surface area (Å²) >= 11 is 0. The molecular formula is C16H16N8O2S. The lowest BCUT2D eigenvalue weighted by molar-refractivity contribution is 0.598. The summed E-state index contributed by atoms with van der Waals surface area (Å²) in [5.41, 5.74) is 2.88. The van der Waals surface area contributed by atoms with Crippen molar-refractivity contribution < 1.29 is 8.42 Å². The summed E-state index contributed by atoms with van der Waals surface area (Å²) in [6.07, 6.45) is 4.80. The average Bonchev–Trinajstić information content (AvgIpc) is 3.13. The van der Waals surface area contributed by atoms with Gasteiger partial charge in [0.1, 0.15) is 11.2 Å². The number of nitrogens with one attached hydrogen (secondary N) is 4. The van der Waals surface area contributed by atoms with Gasteiger partial charge in [-0.2, -0.15) is 15.1 Å². The molecule has 0 aliphatic heterocycles. The van der Waals surface area contributed by atoms with E-state index in [1.165, 1.54) is 0 Å². The highest BCUT2D eigenvalue weighted by Crippen LogP contribution is 2.32. The van der Waals surface area contributed by atoms with Crippen molar-refractivity contribution in [3.63, 3.8) is 0 Å². The SMILES string of the molecule is CS(=O)(=O)c1n[nH]c2nc(Nc3ccc4[nH]cnc4c3)nc(NC3CC3)c12. The van der Waals surface area contributed by atoms with Crippen LogP contribution in [0.5, 0.6) is 0 Å². The van der Waals surface area contributed by atoms with E-state index in [9.17, 15) is 8.42 Å². The van der Waals surface area contributed by atoms with Crippen LogP contribution in [-0.4, -0.2) is 50.8 Å². The lowest BCUT2D eigenvalue weighted by Gasteiger charge is -2.10. The molecule has 1 aliphatic rings. The number of nitrogens with zero attached hydrogens (tertiary/aromatic N) is 4. The van der Waals surface area contributed by atoms with Gasteiger partial charge >= 0.3 is 0 Å². The first kappa shape index (κ1) is 16.0. The molecule has 3 heterocycles. The molecule has 0 spiro atoms. The van der Waals surface area contributed by atoms with Crippen molar-refractivity contribution in [3.8, 4) is 0 Å². The third-order valence-electron chi connectivity index (χ3n) is 4.33. The molecule has 27 heavy (non-hydrogen) atoms. The number of aromatic nitrogens is 6. The van der Waals surface area contributed by atoms with Gasteiger partial charge in [-0.25, -0.2) is 13.4 Å². The molecule has 1 aromatic carbocycles. The van der Waals surface area contributed by atoms with Gasteiger partial charge in [0.2, 0.25) is 5.95 Å². The Morgan fingerprint density at radius 3 is 2.85 bits per heavy atom. The van der Waals surface area contributed by atoms with Crippen molar-refractivity contribution >= 4 is 49.4 Å².